The second-order valence-corrected chi connectivity index (χ2v) is 5.12. The van der Waals surface area contributed by atoms with Gasteiger partial charge in [-0.05, 0) is 38.5 Å². The molecular weight excluding hydrogens is 260 g/mol. The molecule has 2 unspecified atom stereocenters. The SMILES string of the molecule is CCCOCC(CCCOC1CCCCO1)OC(C)=O. The van der Waals surface area contributed by atoms with Crippen LogP contribution in [0.2, 0.25) is 0 Å². The van der Waals surface area contributed by atoms with Crippen molar-refractivity contribution in [2.24, 2.45) is 0 Å². The normalized spacial score (nSPS) is 20.6. The first kappa shape index (κ1) is 17.4. The number of rotatable bonds is 10. The molecule has 0 radical (unpaired) electrons. The summed E-state index contributed by atoms with van der Waals surface area (Å²) in [5.74, 6) is -0.258. The maximum absolute atomic E-state index is 11.0. The third kappa shape index (κ3) is 8.51. The van der Waals surface area contributed by atoms with Crippen LogP contribution in [-0.2, 0) is 23.7 Å². The van der Waals surface area contributed by atoms with Gasteiger partial charge in [0.05, 0.1) is 6.61 Å². The Morgan fingerprint density at radius 1 is 1.35 bits per heavy atom. The highest BCUT2D eigenvalue weighted by atomic mass is 16.7. The summed E-state index contributed by atoms with van der Waals surface area (Å²) in [6.07, 6.45) is 5.63. The van der Waals surface area contributed by atoms with E-state index < -0.39 is 0 Å². The molecule has 0 N–H and O–H groups in total. The summed E-state index contributed by atoms with van der Waals surface area (Å²) >= 11 is 0. The van der Waals surface area contributed by atoms with Crippen LogP contribution in [0, 0.1) is 0 Å². The highest BCUT2D eigenvalue weighted by molar-refractivity contribution is 5.66. The molecule has 0 spiro atoms. The molecule has 1 aliphatic rings. The minimum absolute atomic E-state index is 0.0488. The fraction of sp³-hybridized carbons (Fsp3) is 0.933. The third-order valence-electron chi connectivity index (χ3n) is 3.10. The van der Waals surface area contributed by atoms with Crippen molar-refractivity contribution in [1.29, 1.82) is 0 Å². The summed E-state index contributed by atoms with van der Waals surface area (Å²) in [6.45, 7) is 6.08. The molecule has 1 saturated heterocycles. The number of ether oxygens (including phenoxy) is 4. The maximum atomic E-state index is 11.0. The zero-order valence-corrected chi connectivity index (χ0v) is 12.8. The van der Waals surface area contributed by atoms with Crippen molar-refractivity contribution in [3.8, 4) is 0 Å². The van der Waals surface area contributed by atoms with Gasteiger partial charge in [0.1, 0.15) is 6.10 Å². The second kappa shape index (κ2) is 11.1. The largest absolute Gasteiger partial charge is 0.460 e. The number of carbonyl (C=O) groups is 1. The van der Waals surface area contributed by atoms with E-state index in [4.69, 9.17) is 18.9 Å². The monoisotopic (exact) mass is 288 g/mol. The summed E-state index contributed by atoms with van der Waals surface area (Å²) in [4.78, 5) is 11.0. The lowest BCUT2D eigenvalue weighted by atomic mass is 10.2. The van der Waals surface area contributed by atoms with E-state index in [9.17, 15) is 4.79 Å². The topological polar surface area (TPSA) is 54.0 Å². The molecule has 1 rings (SSSR count). The zero-order valence-electron chi connectivity index (χ0n) is 12.8. The molecule has 0 bridgehead atoms. The van der Waals surface area contributed by atoms with Crippen molar-refractivity contribution in [2.75, 3.05) is 26.4 Å². The highest BCUT2D eigenvalue weighted by Gasteiger charge is 2.15. The molecule has 118 valence electrons. The molecule has 0 amide bonds. The van der Waals surface area contributed by atoms with Crippen LogP contribution >= 0.6 is 0 Å². The van der Waals surface area contributed by atoms with Crippen molar-refractivity contribution in [2.45, 2.75) is 64.8 Å². The van der Waals surface area contributed by atoms with Crippen LogP contribution in [-0.4, -0.2) is 44.8 Å². The number of carbonyl (C=O) groups excluding carboxylic acids is 1. The van der Waals surface area contributed by atoms with Gasteiger partial charge in [-0.1, -0.05) is 6.92 Å². The first-order chi connectivity index (χ1) is 9.72. The lowest BCUT2D eigenvalue weighted by Crippen LogP contribution is -2.25. The van der Waals surface area contributed by atoms with E-state index in [1.165, 1.54) is 13.3 Å². The Morgan fingerprint density at radius 2 is 2.20 bits per heavy atom. The molecule has 2 atom stereocenters. The minimum Gasteiger partial charge on any atom is -0.460 e. The summed E-state index contributed by atoms with van der Waals surface area (Å²) in [5.41, 5.74) is 0. The molecular formula is C15H28O5. The maximum Gasteiger partial charge on any atom is 0.302 e. The fourth-order valence-corrected chi connectivity index (χ4v) is 2.14. The van der Waals surface area contributed by atoms with Crippen molar-refractivity contribution >= 4 is 5.97 Å². The molecule has 1 fully saturated rings. The van der Waals surface area contributed by atoms with E-state index in [1.54, 1.807) is 0 Å². The van der Waals surface area contributed by atoms with Crippen LogP contribution in [0.25, 0.3) is 0 Å². The van der Waals surface area contributed by atoms with Crippen molar-refractivity contribution in [1.82, 2.24) is 0 Å². The number of esters is 1. The van der Waals surface area contributed by atoms with Crippen LogP contribution in [0.1, 0.15) is 52.4 Å². The third-order valence-corrected chi connectivity index (χ3v) is 3.10. The van der Waals surface area contributed by atoms with Gasteiger partial charge in [0.25, 0.3) is 0 Å². The van der Waals surface area contributed by atoms with E-state index in [-0.39, 0.29) is 18.4 Å². The van der Waals surface area contributed by atoms with Gasteiger partial charge in [0, 0.05) is 26.7 Å². The molecule has 0 aromatic rings. The zero-order chi connectivity index (χ0) is 14.6. The van der Waals surface area contributed by atoms with Crippen LogP contribution in [0.15, 0.2) is 0 Å². The smallest absolute Gasteiger partial charge is 0.302 e. The van der Waals surface area contributed by atoms with Gasteiger partial charge in [-0.3, -0.25) is 4.79 Å². The van der Waals surface area contributed by atoms with Gasteiger partial charge in [-0.2, -0.15) is 0 Å². The molecule has 0 saturated carbocycles. The van der Waals surface area contributed by atoms with Crippen molar-refractivity contribution < 1.29 is 23.7 Å². The molecule has 0 aromatic heterocycles. The Balaban J connectivity index is 2.11. The highest BCUT2D eigenvalue weighted by Crippen LogP contribution is 2.14. The number of hydrogen-bond donors (Lipinski definition) is 0. The molecule has 0 aliphatic carbocycles. The molecule has 5 heteroatoms. The predicted octanol–water partition coefficient (Wildman–Crippen LogP) is 2.67. The van der Waals surface area contributed by atoms with E-state index in [1.807, 2.05) is 0 Å². The van der Waals surface area contributed by atoms with Crippen molar-refractivity contribution in [3.63, 3.8) is 0 Å². The Bertz CT molecular complexity index is 251. The first-order valence-electron chi connectivity index (χ1n) is 7.70. The number of hydrogen-bond acceptors (Lipinski definition) is 5. The first-order valence-corrected chi connectivity index (χ1v) is 7.70. The fourth-order valence-electron chi connectivity index (χ4n) is 2.14. The van der Waals surface area contributed by atoms with E-state index in [2.05, 4.69) is 6.92 Å². The summed E-state index contributed by atoms with van der Waals surface area (Å²) < 4.78 is 21.8. The molecule has 0 aromatic carbocycles. The van der Waals surface area contributed by atoms with Crippen molar-refractivity contribution in [3.05, 3.63) is 0 Å². The summed E-state index contributed by atoms with van der Waals surface area (Å²) in [5, 5.41) is 0. The Hall–Kier alpha value is -0.650. The Morgan fingerprint density at radius 3 is 2.85 bits per heavy atom. The average Bonchev–Trinajstić information content (AvgIpc) is 2.44. The van der Waals surface area contributed by atoms with Crippen LogP contribution in [0.5, 0.6) is 0 Å². The summed E-state index contributed by atoms with van der Waals surface area (Å²) in [7, 11) is 0. The summed E-state index contributed by atoms with van der Waals surface area (Å²) in [6, 6.07) is 0. The second-order valence-electron chi connectivity index (χ2n) is 5.12. The lowest BCUT2D eigenvalue weighted by Gasteiger charge is -2.23. The quantitative estimate of drug-likeness (QED) is 0.457. The van der Waals surface area contributed by atoms with Gasteiger partial charge in [-0.15, -0.1) is 0 Å². The van der Waals surface area contributed by atoms with Crippen LogP contribution < -0.4 is 0 Å². The molecule has 5 nitrogen and oxygen atoms in total. The van der Waals surface area contributed by atoms with E-state index >= 15 is 0 Å². The van der Waals surface area contributed by atoms with Gasteiger partial charge >= 0.3 is 5.97 Å². The average molecular weight is 288 g/mol. The van der Waals surface area contributed by atoms with E-state index in [0.29, 0.717) is 19.8 Å². The Labute approximate surface area is 121 Å². The minimum atomic E-state index is -0.258. The van der Waals surface area contributed by atoms with Gasteiger partial charge in [0.15, 0.2) is 6.29 Å². The predicted molar refractivity (Wildman–Crippen MR) is 75.4 cm³/mol. The van der Waals surface area contributed by atoms with Gasteiger partial charge in [-0.25, -0.2) is 0 Å². The van der Waals surface area contributed by atoms with Gasteiger partial charge in [0.2, 0.25) is 0 Å². The molecule has 1 aliphatic heterocycles. The van der Waals surface area contributed by atoms with Crippen LogP contribution in [0.3, 0.4) is 0 Å². The van der Waals surface area contributed by atoms with Crippen LogP contribution in [0.4, 0.5) is 0 Å². The standard InChI is InChI=1S/C15H28O5/c1-3-9-17-12-14(20-13(2)16)7-6-11-19-15-8-4-5-10-18-15/h14-15H,3-12H2,1-2H3. The molecule has 20 heavy (non-hydrogen) atoms. The Kier molecular flexibility index (Phi) is 9.62. The molecule has 1 heterocycles. The van der Waals surface area contributed by atoms with Gasteiger partial charge < -0.3 is 18.9 Å². The lowest BCUT2D eigenvalue weighted by molar-refractivity contribution is -0.165. The van der Waals surface area contributed by atoms with E-state index in [0.717, 1.165) is 38.7 Å².